The van der Waals surface area contributed by atoms with Crippen LogP contribution in [0.2, 0.25) is 0 Å². The zero-order valence-electron chi connectivity index (χ0n) is 10.2. The molecular weight excluding hydrogens is 286 g/mol. The molecule has 7 heteroatoms. The largest absolute Gasteiger partial charge is 0.326 e. The van der Waals surface area contributed by atoms with Gasteiger partial charge in [0.25, 0.3) is 0 Å². The molecule has 2 rings (SSSR count). The normalized spacial score (nSPS) is 16.2. The number of hydrogen-bond donors (Lipinski definition) is 2. The van der Waals surface area contributed by atoms with E-state index in [1.54, 1.807) is 12.1 Å². The van der Waals surface area contributed by atoms with Gasteiger partial charge < -0.3 is 5.73 Å². The van der Waals surface area contributed by atoms with Gasteiger partial charge in [-0.25, -0.2) is 13.1 Å². The molecule has 0 bridgehead atoms. The summed E-state index contributed by atoms with van der Waals surface area (Å²) in [6.45, 7) is 0.240. The maximum Gasteiger partial charge on any atom is 0.240 e. The zero-order chi connectivity index (χ0) is 13.2. The van der Waals surface area contributed by atoms with Crippen LogP contribution in [-0.4, -0.2) is 21.0 Å². The van der Waals surface area contributed by atoms with Crippen molar-refractivity contribution in [3.8, 4) is 6.07 Å². The molecule has 0 spiro atoms. The van der Waals surface area contributed by atoms with Crippen LogP contribution in [0.1, 0.15) is 18.4 Å². The maximum atomic E-state index is 12.0. The molecule has 104 valence electrons. The fourth-order valence-electron chi connectivity index (χ4n) is 1.71. The first-order valence-corrected chi connectivity index (χ1v) is 7.26. The molecule has 0 amide bonds. The lowest BCUT2D eigenvalue weighted by Gasteiger charge is -2.12. The van der Waals surface area contributed by atoms with Crippen LogP contribution in [0, 0.1) is 17.2 Å². The van der Waals surface area contributed by atoms with Crippen LogP contribution in [-0.2, 0) is 10.0 Å². The third-order valence-electron chi connectivity index (χ3n) is 3.01. The molecule has 3 N–H and O–H groups in total. The molecule has 1 atom stereocenters. The fourth-order valence-corrected chi connectivity index (χ4v) is 2.83. The Labute approximate surface area is 119 Å². The number of nitrogens with zero attached hydrogens (tertiary/aromatic N) is 1. The molecular formula is C12H16ClN3O2S. The lowest BCUT2D eigenvalue weighted by atomic mass is 10.2. The first-order chi connectivity index (χ1) is 8.53. The Balaban J connectivity index is 0.00000180. The van der Waals surface area contributed by atoms with Gasteiger partial charge in [0.05, 0.1) is 16.5 Å². The SMILES string of the molecule is Cl.N#Cc1cccc(S(=O)(=O)NCC(N)C2CC2)c1. The molecule has 0 saturated heterocycles. The quantitative estimate of drug-likeness (QED) is 0.848. The second-order valence-electron chi connectivity index (χ2n) is 4.49. The van der Waals surface area contributed by atoms with E-state index in [9.17, 15) is 8.42 Å². The molecule has 1 aromatic carbocycles. The molecule has 1 fully saturated rings. The third kappa shape index (κ3) is 4.18. The fraction of sp³-hybridized carbons (Fsp3) is 0.417. The molecule has 1 saturated carbocycles. The zero-order valence-corrected chi connectivity index (χ0v) is 11.9. The second-order valence-corrected chi connectivity index (χ2v) is 6.26. The van der Waals surface area contributed by atoms with Crippen LogP contribution < -0.4 is 10.5 Å². The van der Waals surface area contributed by atoms with Crippen LogP contribution >= 0.6 is 12.4 Å². The van der Waals surface area contributed by atoms with Crippen molar-refractivity contribution in [1.82, 2.24) is 4.72 Å². The van der Waals surface area contributed by atoms with E-state index in [0.29, 0.717) is 11.5 Å². The van der Waals surface area contributed by atoms with E-state index < -0.39 is 10.0 Å². The lowest BCUT2D eigenvalue weighted by Crippen LogP contribution is -2.38. The highest BCUT2D eigenvalue weighted by molar-refractivity contribution is 7.89. The van der Waals surface area contributed by atoms with Gasteiger partial charge in [-0.05, 0) is 37.0 Å². The molecule has 0 radical (unpaired) electrons. The van der Waals surface area contributed by atoms with E-state index in [2.05, 4.69) is 4.72 Å². The number of hydrogen-bond acceptors (Lipinski definition) is 4. The van der Waals surface area contributed by atoms with Crippen molar-refractivity contribution in [2.45, 2.75) is 23.8 Å². The van der Waals surface area contributed by atoms with Crippen LogP contribution in [0.5, 0.6) is 0 Å². The number of nitrogens with one attached hydrogen (secondary N) is 1. The number of nitriles is 1. The van der Waals surface area contributed by atoms with E-state index in [4.69, 9.17) is 11.0 Å². The Kier molecular flexibility index (Phi) is 5.32. The highest BCUT2D eigenvalue weighted by atomic mass is 35.5. The van der Waals surface area contributed by atoms with Crippen molar-refractivity contribution in [3.63, 3.8) is 0 Å². The van der Waals surface area contributed by atoms with Gasteiger partial charge >= 0.3 is 0 Å². The van der Waals surface area contributed by atoms with E-state index in [0.717, 1.165) is 12.8 Å². The van der Waals surface area contributed by atoms with Crippen LogP contribution in [0.15, 0.2) is 29.2 Å². The monoisotopic (exact) mass is 301 g/mol. The first kappa shape index (κ1) is 15.9. The predicted molar refractivity (Wildman–Crippen MR) is 74.3 cm³/mol. The summed E-state index contributed by atoms with van der Waals surface area (Å²) in [5.74, 6) is 0.443. The van der Waals surface area contributed by atoms with Crippen LogP contribution in [0.3, 0.4) is 0 Å². The summed E-state index contributed by atoms with van der Waals surface area (Å²) < 4.78 is 26.4. The number of nitrogens with two attached hydrogens (primary N) is 1. The molecule has 1 aliphatic rings. The highest BCUT2D eigenvalue weighted by Gasteiger charge is 2.29. The number of halogens is 1. The minimum Gasteiger partial charge on any atom is -0.326 e. The Morgan fingerprint density at radius 3 is 2.74 bits per heavy atom. The molecule has 1 unspecified atom stereocenters. The summed E-state index contributed by atoms with van der Waals surface area (Å²) in [4.78, 5) is 0.101. The Hall–Kier alpha value is -1.13. The highest BCUT2D eigenvalue weighted by Crippen LogP contribution is 2.31. The molecule has 1 aromatic rings. The predicted octanol–water partition coefficient (Wildman–Crippen LogP) is 0.996. The summed E-state index contributed by atoms with van der Waals surface area (Å²) in [5, 5.41) is 8.74. The van der Waals surface area contributed by atoms with Gasteiger partial charge in [-0.15, -0.1) is 12.4 Å². The van der Waals surface area contributed by atoms with E-state index in [1.807, 2.05) is 6.07 Å². The standard InChI is InChI=1S/C12H15N3O2S.ClH/c13-7-9-2-1-3-11(6-9)18(16,17)15-8-12(14)10-4-5-10;/h1-3,6,10,12,15H,4-5,8,14H2;1H. The average molecular weight is 302 g/mol. The van der Waals surface area contributed by atoms with E-state index in [1.165, 1.54) is 12.1 Å². The van der Waals surface area contributed by atoms with Crippen molar-refractivity contribution < 1.29 is 8.42 Å². The Bertz CT molecular complexity index is 579. The maximum absolute atomic E-state index is 12.0. The molecule has 0 aliphatic heterocycles. The van der Waals surface area contributed by atoms with Crippen molar-refractivity contribution in [1.29, 1.82) is 5.26 Å². The molecule has 5 nitrogen and oxygen atoms in total. The van der Waals surface area contributed by atoms with E-state index >= 15 is 0 Å². The molecule has 1 aliphatic carbocycles. The molecule has 0 heterocycles. The Morgan fingerprint density at radius 1 is 1.47 bits per heavy atom. The minimum atomic E-state index is -3.57. The summed E-state index contributed by atoms with van der Waals surface area (Å²) in [6.07, 6.45) is 2.15. The summed E-state index contributed by atoms with van der Waals surface area (Å²) in [7, 11) is -3.57. The number of benzene rings is 1. The molecule has 19 heavy (non-hydrogen) atoms. The summed E-state index contributed by atoms with van der Waals surface area (Å²) in [5.41, 5.74) is 6.16. The summed E-state index contributed by atoms with van der Waals surface area (Å²) in [6, 6.07) is 7.72. The Morgan fingerprint density at radius 2 is 2.16 bits per heavy atom. The lowest BCUT2D eigenvalue weighted by molar-refractivity contribution is 0.547. The third-order valence-corrected chi connectivity index (χ3v) is 4.43. The van der Waals surface area contributed by atoms with Crippen molar-refractivity contribution in [2.24, 2.45) is 11.7 Å². The topological polar surface area (TPSA) is 96.0 Å². The average Bonchev–Trinajstić information content (AvgIpc) is 3.20. The van der Waals surface area contributed by atoms with Gasteiger partial charge in [0.2, 0.25) is 10.0 Å². The van der Waals surface area contributed by atoms with Gasteiger partial charge in [-0.3, -0.25) is 0 Å². The smallest absolute Gasteiger partial charge is 0.240 e. The number of rotatable bonds is 5. The van der Waals surface area contributed by atoms with Crippen molar-refractivity contribution >= 4 is 22.4 Å². The number of sulfonamides is 1. The van der Waals surface area contributed by atoms with Gasteiger partial charge in [-0.2, -0.15) is 5.26 Å². The van der Waals surface area contributed by atoms with Crippen LogP contribution in [0.4, 0.5) is 0 Å². The first-order valence-electron chi connectivity index (χ1n) is 5.78. The second kappa shape index (κ2) is 6.35. The van der Waals surface area contributed by atoms with Gasteiger partial charge in [0.1, 0.15) is 0 Å². The molecule has 0 aromatic heterocycles. The van der Waals surface area contributed by atoms with Gasteiger partial charge in [0, 0.05) is 12.6 Å². The van der Waals surface area contributed by atoms with Crippen molar-refractivity contribution in [3.05, 3.63) is 29.8 Å². The van der Waals surface area contributed by atoms with E-state index in [-0.39, 0.29) is 29.9 Å². The summed E-state index contributed by atoms with van der Waals surface area (Å²) >= 11 is 0. The minimum absolute atomic E-state index is 0. The van der Waals surface area contributed by atoms with Gasteiger partial charge in [0.15, 0.2) is 0 Å². The van der Waals surface area contributed by atoms with Crippen LogP contribution in [0.25, 0.3) is 0 Å². The van der Waals surface area contributed by atoms with Crippen molar-refractivity contribution in [2.75, 3.05) is 6.54 Å². The van der Waals surface area contributed by atoms with Gasteiger partial charge in [-0.1, -0.05) is 6.07 Å².